The average molecular weight is 295 g/mol. The zero-order chi connectivity index (χ0) is 15.7. The van der Waals surface area contributed by atoms with Crippen molar-refractivity contribution in [2.45, 2.75) is 13.8 Å². The summed E-state index contributed by atoms with van der Waals surface area (Å²) < 4.78 is 5.28. The number of anilines is 1. The number of hydrogen-bond donors (Lipinski definition) is 2. The van der Waals surface area contributed by atoms with E-state index in [4.69, 9.17) is 4.74 Å². The van der Waals surface area contributed by atoms with E-state index in [9.17, 15) is 4.79 Å². The maximum Gasteiger partial charge on any atom is 0.255 e. The van der Waals surface area contributed by atoms with Crippen LogP contribution in [0.2, 0.25) is 0 Å². The Morgan fingerprint density at radius 3 is 2.77 bits per heavy atom. The van der Waals surface area contributed by atoms with Gasteiger partial charge in [-0.1, -0.05) is 6.07 Å². The number of imidazole rings is 1. The molecule has 1 aromatic heterocycles. The largest absolute Gasteiger partial charge is 0.495 e. The van der Waals surface area contributed by atoms with Crippen molar-refractivity contribution >= 4 is 22.6 Å². The molecule has 0 saturated carbocycles. The molecule has 0 bridgehead atoms. The Kier molecular flexibility index (Phi) is 3.55. The summed E-state index contributed by atoms with van der Waals surface area (Å²) in [5.74, 6) is 1.28. The first-order valence-electron chi connectivity index (χ1n) is 6.99. The second kappa shape index (κ2) is 5.52. The van der Waals surface area contributed by atoms with Crippen LogP contribution in [0.25, 0.3) is 11.0 Å². The number of aromatic nitrogens is 2. The molecule has 3 aromatic rings. The number of rotatable bonds is 3. The van der Waals surface area contributed by atoms with Crippen LogP contribution in [0, 0.1) is 13.8 Å². The van der Waals surface area contributed by atoms with Crippen molar-refractivity contribution in [3.05, 3.63) is 53.3 Å². The van der Waals surface area contributed by atoms with Gasteiger partial charge in [-0.15, -0.1) is 0 Å². The smallest absolute Gasteiger partial charge is 0.255 e. The van der Waals surface area contributed by atoms with Gasteiger partial charge in [-0.3, -0.25) is 4.79 Å². The molecule has 0 atom stereocenters. The van der Waals surface area contributed by atoms with Crippen molar-refractivity contribution in [1.82, 2.24) is 9.97 Å². The van der Waals surface area contributed by atoms with Gasteiger partial charge in [-0.25, -0.2) is 4.98 Å². The number of nitrogens with zero attached hydrogens (tertiary/aromatic N) is 1. The predicted octanol–water partition coefficient (Wildman–Crippen LogP) is 3.44. The Morgan fingerprint density at radius 1 is 1.18 bits per heavy atom. The maximum atomic E-state index is 12.4. The number of methoxy groups -OCH3 is 1. The van der Waals surface area contributed by atoms with Crippen molar-refractivity contribution in [3.63, 3.8) is 0 Å². The number of fused-ring (bicyclic) bond motifs is 1. The minimum Gasteiger partial charge on any atom is -0.495 e. The van der Waals surface area contributed by atoms with Crippen LogP contribution in [0.1, 0.15) is 21.7 Å². The van der Waals surface area contributed by atoms with Crippen molar-refractivity contribution < 1.29 is 9.53 Å². The van der Waals surface area contributed by atoms with Gasteiger partial charge in [0.05, 0.1) is 23.8 Å². The molecule has 22 heavy (non-hydrogen) atoms. The number of carbonyl (C=O) groups is 1. The molecule has 0 radical (unpaired) electrons. The van der Waals surface area contributed by atoms with Gasteiger partial charge in [0.25, 0.3) is 5.91 Å². The summed E-state index contributed by atoms with van der Waals surface area (Å²) in [5, 5.41) is 2.89. The molecule has 3 rings (SSSR count). The summed E-state index contributed by atoms with van der Waals surface area (Å²) in [6.45, 7) is 3.85. The molecule has 2 aromatic carbocycles. The minimum atomic E-state index is -0.182. The maximum absolute atomic E-state index is 12.4. The molecule has 2 N–H and O–H groups in total. The molecular formula is C17H17N3O2. The number of hydrogen-bond acceptors (Lipinski definition) is 3. The van der Waals surface area contributed by atoms with E-state index in [0.29, 0.717) is 17.0 Å². The third-order valence-corrected chi connectivity index (χ3v) is 3.47. The fraction of sp³-hybridized carbons (Fsp3) is 0.176. The molecule has 0 aliphatic heterocycles. The predicted molar refractivity (Wildman–Crippen MR) is 86.5 cm³/mol. The highest BCUT2D eigenvalue weighted by molar-refractivity contribution is 6.06. The van der Waals surface area contributed by atoms with Gasteiger partial charge in [0.1, 0.15) is 11.6 Å². The van der Waals surface area contributed by atoms with Gasteiger partial charge in [0, 0.05) is 5.56 Å². The first-order valence-corrected chi connectivity index (χ1v) is 6.99. The van der Waals surface area contributed by atoms with Crippen LogP contribution >= 0.6 is 0 Å². The monoisotopic (exact) mass is 295 g/mol. The highest BCUT2D eigenvalue weighted by atomic mass is 16.5. The quantitative estimate of drug-likeness (QED) is 0.777. The fourth-order valence-electron chi connectivity index (χ4n) is 2.39. The third kappa shape index (κ3) is 2.65. The van der Waals surface area contributed by atoms with Gasteiger partial charge in [0.15, 0.2) is 0 Å². The molecule has 0 fully saturated rings. The molecule has 1 amide bonds. The molecular weight excluding hydrogens is 278 g/mol. The van der Waals surface area contributed by atoms with Crippen LogP contribution in [0.4, 0.5) is 5.69 Å². The zero-order valence-corrected chi connectivity index (χ0v) is 12.7. The number of nitrogens with one attached hydrogen (secondary N) is 2. The lowest BCUT2D eigenvalue weighted by Crippen LogP contribution is -2.12. The molecule has 0 saturated heterocycles. The van der Waals surface area contributed by atoms with Crippen molar-refractivity contribution in [2.24, 2.45) is 0 Å². The lowest BCUT2D eigenvalue weighted by molar-refractivity contribution is 0.102. The Hall–Kier alpha value is -2.82. The Bertz CT molecular complexity index is 852. The second-order valence-electron chi connectivity index (χ2n) is 5.21. The summed E-state index contributed by atoms with van der Waals surface area (Å²) in [5.41, 5.74) is 3.98. The van der Waals surface area contributed by atoms with E-state index in [1.165, 1.54) is 0 Å². The zero-order valence-electron chi connectivity index (χ0n) is 12.7. The summed E-state index contributed by atoms with van der Waals surface area (Å²) in [6, 6.07) is 11.1. The topological polar surface area (TPSA) is 67.0 Å². The standard InChI is InChI=1S/C17H17N3O2/c1-10-4-7-16(22-3)15(8-10)20-17(21)12-5-6-13-14(9-12)19-11(2)18-13/h4-9H,1-3H3,(H,18,19)(H,20,21). The van der Waals surface area contributed by atoms with E-state index >= 15 is 0 Å². The number of H-pyrrole nitrogens is 1. The first kappa shape index (κ1) is 14.1. The molecule has 112 valence electrons. The summed E-state index contributed by atoms with van der Waals surface area (Å²) in [7, 11) is 1.58. The van der Waals surface area contributed by atoms with Crippen LogP contribution in [-0.4, -0.2) is 23.0 Å². The molecule has 5 heteroatoms. The van der Waals surface area contributed by atoms with Crippen molar-refractivity contribution in [1.29, 1.82) is 0 Å². The molecule has 5 nitrogen and oxygen atoms in total. The second-order valence-corrected chi connectivity index (χ2v) is 5.21. The third-order valence-electron chi connectivity index (χ3n) is 3.47. The Labute approximate surface area is 128 Å². The van der Waals surface area contributed by atoms with Gasteiger partial charge in [-0.2, -0.15) is 0 Å². The van der Waals surface area contributed by atoms with Crippen molar-refractivity contribution in [3.8, 4) is 5.75 Å². The minimum absolute atomic E-state index is 0.182. The van der Waals surface area contributed by atoms with E-state index < -0.39 is 0 Å². The van der Waals surface area contributed by atoms with E-state index in [1.54, 1.807) is 19.2 Å². The Balaban J connectivity index is 1.91. The Morgan fingerprint density at radius 2 is 2.00 bits per heavy atom. The number of aryl methyl sites for hydroxylation is 2. The highest BCUT2D eigenvalue weighted by Gasteiger charge is 2.11. The average Bonchev–Trinajstić information content (AvgIpc) is 2.86. The van der Waals surface area contributed by atoms with Crippen LogP contribution < -0.4 is 10.1 Å². The van der Waals surface area contributed by atoms with Gasteiger partial charge in [-0.05, 0) is 49.7 Å². The van der Waals surface area contributed by atoms with Crippen LogP contribution in [0.15, 0.2) is 36.4 Å². The highest BCUT2D eigenvalue weighted by Crippen LogP contribution is 2.26. The van der Waals surface area contributed by atoms with Gasteiger partial charge in [0.2, 0.25) is 0 Å². The van der Waals surface area contributed by atoms with Crippen LogP contribution in [-0.2, 0) is 0 Å². The first-order chi connectivity index (χ1) is 10.6. The van der Waals surface area contributed by atoms with Gasteiger partial charge >= 0.3 is 0 Å². The number of aromatic amines is 1. The molecule has 0 aliphatic carbocycles. The van der Waals surface area contributed by atoms with E-state index in [-0.39, 0.29) is 5.91 Å². The van der Waals surface area contributed by atoms with Crippen LogP contribution in [0.5, 0.6) is 5.75 Å². The summed E-state index contributed by atoms with van der Waals surface area (Å²) in [4.78, 5) is 19.9. The fourth-order valence-corrected chi connectivity index (χ4v) is 2.39. The lowest BCUT2D eigenvalue weighted by Gasteiger charge is -2.11. The molecule has 0 spiro atoms. The normalized spacial score (nSPS) is 10.7. The summed E-state index contributed by atoms with van der Waals surface area (Å²) >= 11 is 0. The SMILES string of the molecule is COc1ccc(C)cc1NC(=O)c1ccc2nc(C)[nH]c2c1. The lowest BCUT2D eigenvalue weighted by atomic mass is 10.1. The van der Waals surface area contributed by atoms with Crippen molar-refractivity contribution in [2.75, 3.05) is 12.4 Å². The molecule has 0 aliphatic rings. The number of amides is 1. The molecule has 1 heterocycles. The van der Waals surface area contributed by atoms with E-state index in [0.717, 1.165) is 22.4 Å². The van der Waals surface area contributed by atoms with E-state index in [1.807, 2.05) is 38.1 Å². The number of carbonyl (C=O) groups excluding carboxylic acids is 1. The van der Waals surface area contributed by atoms with Gasteiger partial charge < -0.3 is 15.0 Å². The number of benzene rings is 2. The van der Waals surface area contributed by atoms with E-state index in [2.05, 4.69) is 15.3 Å². The number of ether oxygens (including phenoxy) is 1. The summed E-state index contributed by atoms with van der Waals surface area (Å²) in [6.07, 6.45) is 0. The van der Waals surface area contributed by atoms with Crippen LogP contribution in [0.3, 0.4) is 0 Å². The molecule has 0 unspecified atom stereocenters.